The summed E-state index contributed by atoms with van der Waals surface area (Å²) in [5, 5.41) is 11.6. The normalized spacial score (nSPS) is 17.5. The molecule has 2 heterocycles. The third kappa shape index (κ3) is 3.98. The first-order valence-electron chi connectivity index (χ1n) is 11.3. The molecular formula is C28H24N2O4S. The summed E-state index contributed by atoms with van der Waals surface area (Å²) < 4.78 is 6.15. The Morgan fingerprint density at radius 2 is 1.74 bits per heavy atom. The van der Waals surface area contributed by atoms with Gasteiger partial charge in [-0.3, -0.25) is 14.5 Å². The minimum absolute atomic E-state index is 0.0512. The molecule has 1 aromatic heterocycles. The van der Waals surface area contributed by atoms with Crippen LogP contribution in [-0.2, 0) is 9.59 Å². The molecule has 0 bridgehead atoms. The Hall–Kier alpha value is -3.97. The molecule has 1 aliphatic heterocycles. The van der Waals surface area contributed by atoms with Crippen molar-refractivity contribution >= 4 is 44.1 Å². The maximum Gasteiger partial charge on any atom is 0.301 e. The number of rotatable bonds is 5. The summed E-state index contributed by atoms with van der Waals surface area (Å²) in [4.78, 5) is 32.8. The van der Waals surface area contributed by atoms with Crippen LogP contribution in [0.3, 0.4) is 0 Å². The molecule has 0 spiro atoms. The lowest BCUT2D eigenvalue weighted by molar-refractivity contribution is -0.132. The molecule has 3 aromatic carbocycles. The fraction of sp³-hybridized carbons (Fsp3) is 0.179. The number of methoxy groups -OCH3 is 1. The molecule has 7 heteroatoms. The summed E-state index contributed by atoms with van der Waals surface area (Å²) in [6, 6.07) is 21.3. The largest absolute Gasteiger partial charge is 0.507 e. The lowest BCUT2D eigenvalue weighted by atomic mass is 9.93. The van der Waals surface area contributed by atoms with Gasteiger partial charge in [0.25, 0.3) is 5.78 Å². The first-order valence-corrected chi connectivity index (χ1v) is 12.1. The molecule has 1 aliphatic rings. The van der Waals surface area contributed by atoms with E-state index in [1.165, 1.54) is 16.2 Å². The van der Waals surface area contributed by atoms with E-state index in [0.717, 1.165) is 15.8 Å². The van der Waals surface area contributed by atoms with Crippen LogP contribution in [0.4, 0.5) is 5.13 Å². The van der Waals surface area contributed by atoms with Crippen molar-refractivity contribution in [1.82, 2.24) is 4.98 Å². The van der Waals surface area contributed by atoms with Crippen LogP contribution in [0.25, 0.3) is 16.0 Å². The van der Waals surface area contributed by atoms with Crippen LogP contribution in [-0.4, -0.2) is 28.9 Å². The number of hydrogen-bond acceptors (Lipinski definition) is 6. The number of nitrogens with zero attached hydrogens (tertiary/aromatic N) is 2. The SMILES string of the molecule is COc1ccc2nc(N3C(=O)C(=O)/C(=C(/O)c4ccccc4)[C@H]3c3ccc(C(C)C)cc3)sc2c1. The number of ether oxygens (including phenoxy) is 1. The van der Waals surface area contributed by atoms with Crippen molar-refractivity contribution in [1.29, 1.82) is 0 Å². The number of amides is 1. The summed E-state index contributed by atoms with van der Waals surface area (Å²) in [5.41, 5.74) is 3.09. The topological polar surface area (TPSA) is 79.7 Å². The number of aliphatic hydroxyl groups excluding tert-OH is 1. The standard InChI is InChI=1S/C28H24N2O4S/c1-16(2)17-9-11-18(12-10-17)24-23(25(31)19-7-5-4-6-8-19)26(32)27(33)30(24)28-29-21-14-13-20(34-3)15-22(21)35-28/h4-16,24,31H,1-3H3/b25-23+/t24-/m1/s1. The number of hydrogen-bond donors (Lipinski definition) is 1. The molecule has 1 saturated heterocycles. The van der Waals surface area contributed by atoms with Gasteiger partial charge in [0, 0.05) is 5.56 Å². The molecule has 1 amide bonds. The van der Waals surface area contributed by atoms with Gasteiger partial charge in [0.1, 0.15) is 11.5 Å². The molecule has 5 rings (SSSR count). The molecule has 176 valence electrons. The highest BCUT2D eigenvalue weighted by Crippen LogP contribution is 2.44. The van der Waals surface area contributed by atoms with Crippen LogP contribution in [0.15, 0.2) is 78.4 Å². The van der Waals surface area contributed by atoms with E-state index in [9.17, 15) is 14.7 Å². The molecule has 1 fully saturated rings. The van der Waals surface area contributed by atoms with Crippen molar-refractivity contribution in [3.63, 3.8) is 0 Å². The first kappa shape index (κ1) is 22.8. The van der Waals surface area contributed by atoms with E-state index < -0.39 is 17.7 Å². The van der Waals surface area contributed by atoms with Gasteiger partial charge in [-0.15, -0.1) is 0 Å². The molecule has 4 aromatic rings. The Labute approximate surface area is 207 Å². The molecule has 0 radical (unpaired) electrons. The quantitative estimate of drug-likeness (QED) is 0.212. The van der Waals surface area contributed by atoms with Crippen molar-refractivity contribution in [2.45, 2.75) is 25.8 Å². The zero-order valence-electron chi connectivity index (χ0n) is 19.6. The van der Waals surface area contributed by atoms with Crippen LogP contribution < -0.4 is 9.64 Å². The summed E-state index contributed by atoms with van der Waals surface area (Å²) in [7, 11) is 1.59. The number of carbonyl (C=O) groups is 2. The molecule has 1 N–H and O–H groups in total. The third-order valence-corrected chi connectivity index (χ3v) is 7.22. The van der Waals surface area contributed by atoms with Crippen LogP contribution in [0, 0.1) is 0 Å². The molecule has 35 heavy (non-hydrogen) atoms. The predicted octanol–water partition coefficient (Wildman–Crippen LogP) is 6.05. The Morgan fingerprint density at radius 3 is 2.40 bits per heavy atom. The number of aromatic nitrogens is 1. The maximum absolute atomic E-state index is 13.4. The lowest BCUT2D eigenvalue weighted by Gasteiger charge is -2.23. The second-order valence-electron chi connectivity index (χ2n) is 8.69. The molecule has 1 atom stereocenters. The number of thiazole rings is 1. The second-order valence-corrected chi connectivity index (χ2v) is 9.70. The minimum atomic E-state index is -0.807. The highest BCUT2D eigenvalue weighted by atomic mass is 32.1. The first-order chi connectivity index (χ1) is 16.9. The van der Waals surface area contributed by atoms with Crippen LogP contribution in [0.2, 0.25) is 0 Å². The number of fused-ring (bicyclic) bond motifs is 1. The van der Waals surface area contributed by atoms with E-state index >= 15 is 0 Å². The van der Waals surface area contributed by atoms with E-state index in [-0.39, 0.29) is 11.3 Å². The summed E-state index contributed by atoms with van der Waals surface area (Å²) in [6.07, 6.45) is 0. The van der Waals surface area contributed by atoms with E-state index in [2.05, 4.69) is 18.8 Å². The molecule has 0 saturated carbocycles. The Balaban J connectivity index is 1.70. The molecular weight excluding hydrogens is 460 g/mol. The van der Waals surface area contributed by atoms with Gasteiger partial charge >= 0.3 is 5.91 Å². The Morgan fingerprint density at radius 1 is 1.03 bits per heavy atom. The number of aliphatic hydroxyl groups is 1. The van der Waals surface area contributed by atoms with Gasteiger partial charge in [-0.05, 0) is 35.2 Å². The van der Waals surface area contributed by atoms with Crippen molar-refractivity contribution in [2.24, 2.45) is 0 Å². The van der Waals surface area contributed by atoms with Gasteiger partial charge in [-0.2, -0.15) is 0 Å². The number of anilines is 1. The van der Waals surface area contributed by atoms with Crippen LogP contribution in [0.1, 0.15) is 42.5 Å². The smallest absolute Gasteiger partial charge is 0.301 e. The zero-order chi connectivity index (χ0) is 24.7. The van der Waals surface area contributed by atoms with Gasteiger partial charge in [0.05, 0.1) is 28.9 Å². The fourth-order valence-electron chi connectivity index (χ4n) is 4.28. The summed E-state index contributed by atoms with van der Waals surface area (Å²) in [6.45, 7) is 4.21. The fourth-order valence-corrected chi connectivity index (χ4v) is 5.30. The number of benzene rings is 3. The minimum Gasteiger partial charge on any atom is -0.507 e. The molecule has 6 nitrogen and oxygen atoms in total. The van der Waals surface area contributed by atoms with Gasteiger partial charge in [0.15, 0.2) is 5.13 Å². The summed E-state index contributed by atoms with van der Waals surface area (Å²) in [5.74, 6) is -0.640. The maximum atomic E-state index is 13.4. The highest BCUT2D eigenvalue weighted by Gasteiger charge is 2.48. The van der Waals surface area contributed by atoms with Crippen molar-refractivity contribution in [3.8, 4) is 5.75 Å². The predicted molar refractivity (Wildman–Crippen MR) is 138 cm³/mol. The number of ketones is 1. The van der Waals surface area contributed by atoms with Crippen molar-refractivity contribution in [3.05, 3.63) is 95.1 Å². The van der Waals surface area contributed by atoms with Gasteiger partial charge in [-0.25, -0.2) is 4.98 Å². The Bertz CT molecular complexity index is 1460. The number of Topliss-reactive ketones (excluding diaryl/α,β-unsaturated/α-hetero) is 1. The van der Waals surface area contributed by atoms with E-state index in [1.807, 2.05) is 42.5 Å². The van der Waals surface area contributed by atoms with E-state index in [1.54, 1.807) is 37.4 Å². The zero-order valence-corrected chi connectivity index (χ0v) is 20.4. The monoisotopic (exact) mass is 484 g/mol. The average Bonchev–Trinajstić information content (AvgIpc) is 3.41. The number of carbonyl (C=O) groups excluding carboxylic acids is 2. The molecule has 0 unspecified atom stereocenters. The molecule has 0 aliphatic carbocycles. The Kier molecular flexibility index (Phi) is 5.86. The van der Waals surface area contributed by atoms with E-state index in [0.29, 0.717) is 27.9 Å². The van der Waals surface area contributed by atoms with E-state index in [4.69, 9.17) is 4.74 Å². The van der Waals surface area contributed by atoms with Crippen molar-refractivity contribution in [2.75, 3.05) is 12.0 Å². The lowest BCUT2D eigenvalue weighted by Crippen LogP contribution is -2.29. The third-order valence-electron chi connectivity index (χ3n) is 6.20. The van der Waals surface area contributed by atoms with Gasteiger partial charge < -0.3 is 9.84 Å². The van der Waals surface area contributed by atoms with Gasteiger partial charge in [0.2, 0.25) is 0 Å². The highest BCUT2D eigenvalue weighted by molar-refractivity contribution is 7.22. The van der Waals surface area contributed by atoms with Crippen LogP contribution in [0.5, 0.6) is 5.75 Å². The average molecular weight is 485 g/mol. The summed E-state index contributed by atoms with van der Waals surface area (Å²) >= 11 is 1.30. The van der Waals surface area contributed by atoms with Crippen LogP contribution >= 0.6 is 11.3 Å². The van der Waals surface area contributed by atoms with Gasteiger partial charge in [-0.1, -0.05) is 79.8 Å². The van der Waals surface area contributed by atoms with Crippen molar-refractivity contribution < 1.29 is 19.4 Å². The second kappa shape index (κ2) is 9.00.